The zero-order chi connectivity index (χ0) is 16.0. The standard InChI is InChI=1S/C20H35N/c1-7-8-9-10-11-18(21)14-19-15(2)12-17(13-16(19)3)20(4,5)6/h12-13,18H,7-11,14,21H2,1-6H3. The first-order valence-corrected chi connectivity index (χ1v) is 8.62. The highest BCUT2D eigenvalue weighted by Gasteiger charge is 2.17. The molecule has 0 amide bonds. The summed E-state index contributed by atoms with van der Waals surface area (Å²) in [4.78, 5) is 0. The lowest BCUT2D eigenvalue weighted by Crippen LogP contribution is -2.24. The van der Waals surface area contributed by atoms with Crippen molar-refractivity contribution in [2.75, 3.05) is 0 Å². The molecule has 0 saturated carbocycles. The quantitative estimate of drug-likeness (QED) is 0.664. The van der Waals surface area contributed by atoms with Gasteiger partial charge in [-0.05, 0) is 54.4 Å². The molecule has 1 nitrogen and oxygen atoms in total. The summed E-state index contributed by atoms with van der Waals surface area (Å²) >= 11 is 0. The van der Waals surface area contributed by atoms with Gasteiger partial charge in [0.25, 0.3) is 0 Å². The highest BCUT2D eigenvalue weighted by atomic mass is 14.6. The van der Waals surface area contributed by atoms with Gasteiger partial charge in [0.2, 0.25) is 0 Å². The summed E-state index contributed by atoms with van der Waals surface area (Å²) in [5, 5.41) is 0. The van der Waals surface area contributed by atoms with Gasteiger partial charge in [-0.3, -0.25) is 0 Å². The summed E-state index contributed by atoms with van der Waals surface area (Å²) in [7, 11) is 0. The lowest BCUT2D eigenvalue weighted by atomic mass is 9.82. The molecule has 0 fully saturated rings. The second kappa shape index (κ2) is 7.98. The Morgan fingerprint density at radius 1 is 1.00 bits per heavy atom. The van der Waals surface area contributed by atoms with E-state index < -0.39 is 0 Å². The second-order valence-electron chi connectivity index (χ2n) is 7.65. The van der Waals surface area contributed by atoms with E-state index in [9.17, 15) is 0 Å². The molecule has 0 heterocycles. The van der Waals surface area contributed by atoms with E-state index in [2.05, 4.69) is 53.7 Å². The molecule has 0 saturated heterocycles. The van der Waals surface area contributed by atoms with E-state index in [0.29, 0.717) is 6.04 Å². The molecule has 120 valence electrons. The van der Waals surface area contributed by atoms with Crippen LogP contribution in [0, 0.1) is 13.8 Å². The van der Waals surface area contributed by atoms with Gasteiger partial charge in [0.1, 0.15) is 0 Å². The van der Waals surface area contributed by atoms with Crippen LogP contribution < -0.4 is 5.73 Å². The lowest BCUT2D eigenvalue weighted by molar-refractivity contribution is 0.544. The third-order valence-electron chi connectivity index (χ3n) is 4.46. The van der Waals surface area contributed by atoms with Crippen molar-refractivity contribution in [3.63, 3.8) is 0 Å². The van der Waals surface area contributed by atoms with Crippen molar-refractivity contribution < 1.29 is 0 Å². The van der Waals surface area contributed by atoms with Crippen molar-refractivity contribution in [3.8, 4) is 0 Å². The first-order valence-electron chi connectivity index (χ1n) is 8.62. The Hall–Kier alpha value is -0.820. The molecule has 21 heavy (non-hydrogen) atoms. The summed E-state index contributed by atoms with van der Waals surface area (Å²) in [5.74, 6) is 0. The molecule has 0 bridgehead atoms. The SMILES string of the molecule is CCCCCCC(N)Cc1c(C)cc(C(C)(C)C)cc1C. The Morgan fingerprint density at radius 2 is 1.57 bits per heavy atom. The molecule has 0 aliphatic carbocycles. The highest BCUT2D eigenvalue weighted by Crippen LogP contribution is 2.27. The molecule has 1 rings (SSSR count). The molecule has 1 heteroatoms. The zero-order valence-electron chi connectivity index (χ0n) is 15.1. The predicted octanol–water partition coefficient (Wildman–Crippen LogP) is 5.44. The Morgan fingerprint density at radius 3 is 2.05 bits per heavy atom. The van der Waals surface area contributed by atoms with Crippen molar-refractivity contribution >= 4 is 0 Å². The van der Waals surface area contributed by atoms with Crippen LogP contribution in [0.3, 0.4) is 0 Å². The Kier molecular flexibility index (Phi) is 6.93. The molecule has 1 aromatic rings. The van der Waals surface area contributed by atoms with Crippen LogP contribution in [0.25, 0.3) is 0 Å². The molecule has 2 N–H and O–H groups in total. The number of hydrogen-bond acceptors (Lipinski definition) is 1. The van der Waals surface area contributed by atoms with Gasteiger partial charge < -0.3 is 5.73 Å². The summed E-state index contributed by atoms with van der Waals surface area (Å²) < 4.78 is 0. The van der Waals surface area contributed by atoms with E-state index in [1.165, 1.54) is 47.9 Å². The fourth-order valence-corrected chi connectivity index (χ4v) is 2.95. The van der Waals surface area contributed by atoms with Gasteiger partial charge in [-0.25, -0.2) is 0 Å². The molecule has 0 spiro atoms. The van der Waals surface area contributed by atoms with Gasteiger partial charge >= 0.3 is 0 Å². The van der Waals surface area contributed by atoms with Crippen LogP contribution in [-0.2, 0) is 11.8 Å². The van der Waals surface area contributed by atoms with Crippen LogP contribution in [-0.4, -0.2) is 6.04 Å². The van der Waals surface area contributed by atoms with Crippen LogP contribution in [0.5, 0.6) is 0 Å². The Bertz CT molecular complexity index is 417. The van der Waals surface area contributed by atoms with Crippen LogP contribution in [0.15, 0.2) is 12.1 Å². The summed E-state index contributed by atoms with van der Waals surface area (Å²) in [6, 6.07) is 5.01. The van der Waals surface area contributed by atoms with E-state index in [4.69, 9.17) is 5.73 Å². The van der Waals surface area contributed by atoms with Crippen molar-refractivity contribution in [1.82, 2.24) is 0 Å². The molecule has 1 aromatic carbocycles. The van der Waals surface area contributed by atoms with Crippen molar-refractivity contribution in [1.29, 1.82) is 0 Å². The van der Waals surface area contributed by atoms with Gasteiger partial charge in [-0.1, -0.05) is 65.5 Å². The van der Waals surface area contributed by atoms with E-state index >= 15 is 0 Å². The normalized spacial score (nSPS) is 13.5. The van der Waals surface area contributed by atoms with Crippen molar-refractivity contribution in [2.45, 2.75) is 91.5 Å². The average Bonchev–Trinajstić information content (AvgIpc) is 2.37. The monoisotopic (exact) mass is 289 g/mol. The van der Waals surface area contributed by atoms with E-state index in [1.54, 1.807) is 0 Å². The predicted molar refractivity (Wildman–Crippen MR) is 95.1 cm³/mol. The number of rotatable bonds is 7. The Balaban J connectivity index is 2.71. The molecule has 0 radical (unpaired) electrons. The average molecular weight is 290 g/mol. The fraction of sp³-hybridized carbons (Fsp3) is 0.700. The zero-order valence-corrected chi connectivity index (χ0v) is 15.1. The van der Waals surface area contributed by atoms with Gasteiger partial charge in [-0.15, -0.1) is 0 Å². The maximum absolute atomic E-state index is 6.35. The number of benzene rings is 1. The summed E-state index contributed by atoms with van der Waals surface area (Å²) in [6.07, 6.45) is 7.40. The molecule has 1 unspecified atom stereocenters. The highest BCUT2D eigenvalue weighted by molar-refractivity contribution is 5.40. The topological polar surface area (TPSA) is 26.0 Å². The minimum Gasteiger partial charge on any atom is -0.327 e. The van der Waals surface area contributed by atoms with Crippen LogP contribution in [0.1, 0.15) is 82.1 Å². The van der Waals surface area contributed by atoms with Crippen LogP contribution in [0.4, 0.5) is 0 Å². The second-order valence-corrected chi connectivity index (χ2v) is 7.65. The molecular weight excluding hydrogens is 254 g/mol. The maximum Gasteiger partial charge on any atom is 0.00795 e. The summed E-state index contributed by atoms with van der Waals surface area (Å²) in [5.41, 5.74) is 12.3. The van der Waals surface area contributed by atoms with E-state index in [1.807, 2.05) is 0 Å². The van der Waals surface area contributed by atoms with Crippen LogP contribution >= 0.6 is 0 Å². The van der Waals surface area contributed by atoms with E-state index in [0.717, 1.165) is 12.8 Å². The maximum atomic E-state index is 6.35. The minimum atomic E-state index is 0.219. The molecule has 0 aromatic heterocycles. The van der Waals surface area contributed by atoms with Crippen LogP contribution in [0.2, 0.25) is 0 Å². The number of aryl methyl sites for hydroxylation is 2. The third-order valence-corrected chi connectivity index (χ3v) is 4.46. The first-order chi connectivity index (χ1) is 9.75. The molecule has 0 aliphatic heterocycles. The number of nitrogens with two attached hydrogens (primary N) is 1. The first kappa shape index (κ1) is 18.2. The fourth-order valence-electron chi connectivity index (χ4n) is 2.95. The smallest absolute Gasteiger partial charge is 0.00795 e. The van der Waals surface area contributed by atoms with Crippen molar-refractivity contribution in [2.24, 2.45) is 5.73 Å². The van der Waals surface area contributed by atoms with Gasteiger partial charge in [-0.2, -0.15) is 0 Å². The van der Waals surface area contributed by atoms with Gasteiger partial charge in [0.15, 0.2) is 0 Å². The molecular formula is C20H35N. The number of unbranched alkanes of at least 4 members (excludes halogenated alkanes) is 3. The van der Waals surface area contributed by atoms with Gasteiger partial charge in [0, 0.05) is 6.04 Å². The number of hydrogen-bond donors (Lipinski definition) is 1. The van der Waals surface area contributed by atoms with Gasteiger partial charge in [0.05, 0.1) is 0 Å². The lowest BCUT2D eigenvalue weighted by Gasteiger charge is -2.23. The minimum absolute atomic E-state index is 0.219. The van der Waals surface area contributed by atoms with Crippen molar-refractivity contribution in [3.05, 3.63) is 34.4 Å². The third kappa shape index (κ3) is 5.82. The Labute approximate surface area is 132 Å². The molecule has 0 aliphatic rings. The largest absolute Gasteiger partial charge is 0.327 e. The van der Waals surface area contributed by atoms with E-state index in [-0.39, 0.29) is 5.41 Å². The molecule has 1 atom stereocenters. The summed E-state index contributed by atoms with van der Waals surface area (Å²) in [6.45, 7) is 13.6.